The average molecular weight is 474 g/mol. The summed E-state index contributed by atoms with van der Waals surface area (Å²) in [5.74, 6) is -0.364. The Kier molecular flexibility index (Phi) is 7.39. The molecule has 0 spiro atoms. The zero-order valence-corrected chi connectivity index (χ0v) is 19.7. The first kappa shape index (κ1) is 23.1. The van der Waals surface area contributed by atoms with Crippen LogP contribution in [0.2, 0.25) is 10.0 Å². The normalized spacial score (nSPS) is 23.5. The molecule has 2 aliphatic heterocycles. The van der Waals surface area contributed by atoms with E-state index in [1.54, 1.807) is 18.2 Å². The number of hydrogen-bond acceptors (Lipinski definition) is 3. The van der Waals surface area contributed by atoms with Crippen LogP contribution in [-0.2, 0) is 22.4 Å². The molecule has 2 aromatic rings. The first-order valence-electron chi connectivity index (χ1n) is 11.2. The van der Waals surface area contributed by atoms with Crippen molar-refractivity contribution in [3.8, 4) is 0 Å². The Hall–Kier alpha value is -2.08. The molecule has 2 N–H and O–H groups in total. The molecule has 4 atom stereocenters. The van der Waals surface area contributed by atoms with E-state index in [1.165, 1.54) is 12.8 Å². The van der Waals surface area contributed by atoms with Crippen LogP contribution < -0.4 is 10.6 Å². The number of nitrogens with one attached hydrogen (secondary N) is 2. The number of piperidine rings is 1. The molecule has 2 unspecified atom stereocenters. The number of carbonyl (C=O) groups excluding carboxylic acids is 2. The Balaban J connectivity index is 1.44. The second-order valence-electron chi connectivity index (χ2n) is 8.95. The lowest BCUT2D eigenvalue weighted by atomic mass is 9.97. The Morgan fingerprint density at radius 3 is 2.34 bits per heavy atom. The first-order chi connectivity index (χ1) is 15.4. The van der Waals surface area contributed by atoms with Crippen molar-refractivity contribution in [2.24, 2.45) is 0 Å². The van der Waals surface area contributed by atoms with E-state index < -0.39 is 6.04 Å². The topological polar surface area (TPSA) is 61.4 Å². The van der Waals surface area contributed by atoms with Crippen molar-refractivity contribution in [3.63, 3.8) is 0 Å². The number of hydrogen-bond donors (Lipinski definition) is 2. The fraction of sp³-hybridized carbons (Fsp3) is 0.440. The maximum atomic E-state index is 13.3. The van der Waals surface area contributed by atoms with Gasteiger partial charge in [0, 0.05) is 34.6 Å². The summed E-state index contributed by atoms with van der Waals surface area (Å²) in [6, 6.07) is 15.2. The molecule has 0 radical (unpaired) electrons. The second kappa shape index (κ2) is 10.2. The summed E-state index contributed by atoms with van der Waals surface area (Å²) in [5.41, 5.74) is 1.68. The van der Waals surface area contributed by atoms with Crippen molar-refractivity contribution in [2.45, 2.75) is 62.7 Å². The number of amides is 2. The van der Waals surface area contributed by atoms with Crippen LogP contribution in [0.5, 0.6) is 0 Å². The molecule has 0 aliphatic carbocycles. The van der Waals surface area contributed by atoms with Gasteiger partial charge in [-0.3, -0.25) is 9.59 Å². The zero-order chi connectivity index (χ0) is 22.7. The Bertz CT molecular complexity index is 952. The molecule has 2 bridgehead atoms. The lowest BCUT2D eigenvalue weighted by Gasteiger charge is -2.37. The molecule has 2 aromatic carbocycles. The predicted octanol–water partition coefficient (Wildman–Crippen LogP) is 4.00. The van der Waals surface area contributed by atoms with E-state index >= 15 is 0 Å². The third-order valence-electron chi connectivity index (χ3n) is 6.76. The van der Waals surface area contributed by atoms with Crippen LogP contribution in [0.25, 0.3) is 0 Å². The van der Waals surface area contributed by atoms with Gasteiger partial charge >= 0.3 is 0 Å². The third kappa shape index (κ3) is 5.64. The summed E-state index contributed by atoms with van der Waals surface area (Å²) in [5, 5.41) is 7.34. The smallest absolute Gasteiger partial charge is 0.243 e. The minimum absolute atomic E-state index is 0.127. The summed E-state index contributed by atoms with van der Waals surface area (Å²) >= 11 is 12.2. The van der Waals surface area contributed by atoms with Crippen molar-refractivity contribution in [2.75, 3.05) is 7.05 Å². The SMILES string of the molecule is CN1[C@@H]2CC[C@H]1CC(NC(=O)C(Cc1ccc(Cl)cc1)NC(=O)Cc1ccccc1Cl)C2. The van der Waals surface area contributed by atoms with E-state index in [0.29, 0.717) is 28.5 Å². The van der Waals surface area contributed by atoms with Crippen LogP contribution in [0, 0.1) is 0 Å². The van der Waals surface area contributed by atoms with E-state index in [-0.39, 0.29) is 24.3 Å². The highest BCUT2D eigenvalue weighted by Gasteiger charge is 2.39. The third-order valence-corrected chi connectivity index (χ3v) is 7.38. The van der Waals surface area contributed by atoms with E-state index in [1.807, 2.05) is 30.3 Å². The summed E-state index contributed by atoms with van der Waals surface area (Å²) in [6.07, 6.45) is 4.83. The number of fused-ring (bicyclic) bond motifs is 2. The Morgan fingerprint density at radius 2 is 1.69 bits per heavy atom. The monoisotopic (exact) mass is 473 g/mol. The van der Waals surface area contributed by atoms with Crippen molar-refractivity contribution in [1.82, 2.24) is 15.5 Å². The molecule has 2 heterocycles. The highest BCUT2D eigenvalue weighted by molar-refractivity contribution is 6.31. The van der Waals surface area contributed by atoms with Gasteiger partial charge in [0.05, 0.1) is 6.42 Å². The van der Waals surface area contributed by atoms with E-state index in [9.17, 15) is 9.59 Å². The zero-order valence-electron chi connectivity index (χ0n) is 18.2. The molecule has 2 aliphatic rings. The van der Waals surface area contributed by atoms with Gasteiger partial charge in [-0.2, -0.15) is 0 Å². The Labute approximate surface area is 199 Å². The molecule has 7 heteroatoms. The van der Waals surface area contributed by atoms with Gasteiger partial charge in [0.2, 0.25) is 11.8 Å². The van der Waals surface area contributed by atoms with Gasteiger partial charge in [-0.1, -0.05) is 53.5 Å². The largest absolute Gasteiger partial charge is 0.351 e. The summed E-state index contributed by atoms with van der Waals surface area (Å²) < 4.78 is 0. The molecule has 2 saturated heterocycles. The highest BCUT2D eigenvalue weighted by atomic mass is 35.5. The average Bonchev–Trinajstić information content (AvgIpc) is 2.97. The Morgan fingerprint density at radius 1 is 1.03 bits per heavy atom. The maximum Gasteiger partial charge on any atom is 0.243 e. The van der Waals surface area contributed by atoms with Crippen LogP contribution in [0.15, 0.2) is 48.5 Å². The second-order valence-corrected chi connectivity index (χ2v) is 9.79. The van der Waals surface area contributed by atoms with E-state index in [2.05, 4.69) is 22.6 Å². The molecule has 0 saturated carbocycles. The molecule has 2 fully saturated rings. The van der Waals surface area contributed by atoms with Crippen LogP contribution in [0.1, 0.15) is 36.8 Å². The quantitative estimate of drug-likeness (QED) is 0.638. The lowest BCUT2D eigenvalue weighted by Crippen LogP contribution is -2.54. The molecule has 2 amide bonds. The molecule has 5 nitrogen and oxygen atoms in total. The number of benzene rings is 2. The summed E-state index contributed by atoms with van der Waals surface area (Å²) in [6.45, 7) is 0. The number of carbonyl (C=O) groups is 2. The van der Waals surface area contributed by atoms with Crippen LogP contribution in [0.3, 0.4) is 0 Å². The van der Waals surface area contributed by atoms with Crippen LogP contribution in [-0.4, -0.2) is 47.9 Å². The van der Waals surface area contributed by atoms with Crippen molar-refractivity contribution in [1.29, 1.82) is 0 Å². The van der Waals surface area contributed by atoms with Crippen LogP contribution >= 0.6 is 23.2 Å². The highest BCUT2D eigenvalue weighted by Crippen LogP contribution is 2.34. The number of nitrogens with zero attached hydrogens (tertiary/aromatic N) is 1. The standard InChI is InChI=1S/C25H29Cl2N3O2/c1-30-20-10-11-21(30)15-19(14-20)28-25(32)23(12-16-6-8-18(26)9-7-16)29-24(31)13-17-4-2-3-5-22(17)27/h2-9,19-21,23H,10-15H2,1H3,(H,28,32)(H,29,31)/t19?,20-,21+,23?. The summed E-state index contributed by atoms with van der Waals surface area (Å²) in [7, 11) is 2.18. The first-order valence-corrected chi connectivity index (χ1v) is 11.9. The van der Waals surface area contributed by atoms with Gasteiger partial charge in [0.15, 0.2) is 0 Å². The van der Waals surface area contributed by atoms with Gasteiger partial charge in [0.1, 0.15) is 6.04 Å². The molecule has 170 valence electrons. The lowest BCUT2D eigenvalue weighted by molar-refractivity contribution is -0.129. The predicted molar refractivity (Wildman–Crippen MR) is 128 cm³/mol. The molecular weight excluding hydrogens is 445 g/mol. The van der Waals surface area contributed by atoms with Crippen molar-refractivity contribution < 1.29 is 9.59 Å². The van der Waals surface area contributed by atoms with Gasteiger partial charge in [0.25, 0.3) is 0 Å². The maximum absolute atomic E-state index is 13.3. The van der Waals surface area contributed by atoms with Gasteiger partial charge in [-0.15, -0.1) is 0 Å². The van der Waals surface area contributed by atoms with E-state index in [0.717, 1.165) is 24.0 Å². The fourth-order valence-electron chi connectivity index (χ4n) is 4.96. The minimum atomic E-state index is -0.663. The number of rotatable bonds is 7. The summed E-state index contributed by atoms with van der Waals surface area (Å²) in [4.78, 5) is 28.5. The molecular formula is C25H29Cl2N3O2. The van der Waals surface area contributed by atoms with Gasteiger partial charge < -0.3 is 15.5 Å². The van der Waals surface area contributed by atoms with Crippen LogP contribution in [0.4, 0.5) is 0 Å². The molecule has 4 rings (SSSR count). The molecule has 32 heavy (non-hydrogen) atoms. The number of halogens is 2. The van der Waals surface area contributed by atoms with Gasteiger partial charge in [-0.25, -0.2) is 0 Å². The minimum Gasteiger partial charge on any atom is -0.351 e. The van der Waals surface area contributed by atoms with E-state index in [4.69, 9.17) is 23.2 Å². The fourth-order valence-corrected chi connectivity index (χ4v) is 5.29. The van der Waals surface area contributed by atoms with Crippen molar-refractivity contribution >= 4 is 35.0 Å². The van der Waals surface area contributed by atoms with Crippen molar-refractivity contribution in [3.05, 3.63) is 69.7 Å². The molecule has 0 aromatic heterocycles. The van der Waals surface area contributed by atoms with Gasteiger partial charge in [-0.05, 0) is 62.1 Å².